The van der Waals surface area contributed by atoms with Crippen LogP contribution in [0.4, 0.5) is 0 Å². The molecule has 0 spiro atoms. The highest BCUT2D eigenvalue weighted by Gasteiger charge is 1.99. The van der Waals surface area contributed by atoms with Crippen molar-refractivity contribution < 1.29 is 0 Å². The van der Waals surface area contributed by atoms with Crippen molar-refractivity contribution >= 4 is 22.9 Å². The molecule has 0 saturated heterocycles. The van der Waals surface area contributed by atoms with Crippen LogP contribution in [0.3, 0.4) is 0 Å². The quantitative estimate of drug-likeness (QED) is 0.734. The molecule has 1 rings (SSSR count). The van der Waals surface area contributed by atoms with E-state index in [1.54, 1.807) is 11.3 Å². The molecule has 1 aromatic rings. The van der Waals surface area contributed by atoms with Crippen molar-refractivity contribution in [1.29, 1.82) is 0 Å². The first kappa shape index (κ1) is 8.05. The zero-order valence-corrected chi connectivity index (χ0v) is 7.38. The Kier molecular flexibility index (Phi) is 2.72. The zero-order chi connectivity index (χ0) is 7.56. The molecule has 1 aromatic heterocycles. The van der Waals surface area contributed by atoms with Gasteiger partial charge in [0.1, 0.15) is 0 Å². The standard InChI is InChI=1S/C7H10ClNS/c1-5(9)2-7-3-6(8)4-10-7/h3-5H,2,9H2,1H3/t5-/m0/s1. The molecule has 0 unspecified atom stereocenters. The fraction of sp³-hybridized carbons (Fsp3) is 0.429. The third-order valence-corrected chi connectivity index (χ3v) is 2.45. The number of hydrogen-bond donors (Lipinski definition) is 1. The van der Waals surface area contributed by atoms with Gasteiger partial charge in [0.2, 0.25) is 0 Å². The minimum atomic E-state index is 0.231. The first-order valence-electron chi connectivity index (χ1n) is 3.17. The van der Waals surface area contributed by atoms with Gasteiger partial charge in [-0.25, -0.2) is 0 Å². The first-order valence-corrected chi connectivity index (χ1v) is 4.42. The van der Waals surface area contributed by atoms with Crippen LogP contribution >= 0.6 is 22.9 Å². The number of nitrogens with two attached hydrogens (primary N) is 1. The molecule has 0 aliphatic carbocycles. The number of rotatable bonds is 2. The van der Waals surface area contributed by atoms with Crippen molar-refractivity contribution in [2.45, 2.75) is 19.4 Å². The summed E-state index contributed by atoms with van der Waals surface area (Å²) >= 11 is 7.38. The van der Waals surface area contributed by atoms with Crippen molar-refractivity contribution in [3.05, 3.63) is 21.3 Å². The van der Waals surface area contributed by atoms with Crippen LogP contribution < -0.4 is 5.73 Å². The average Bonchev–Trinajstić information content (AvgIpc) is 2.13. The molecule has 0 fully saturated rings. The molecular weight excluding hydrogens is 166 g/mol. The third kappa shape index (κ3) is 2.29. The van der Waals surface area contributed by atoms with E-state index in [-0.39, 0.29) is 6.04 Å². The van der Waals surface area contributed by atoms with Crippen LogP contribution in [0.25, 0.3) is 0 Å². The van der Waals surface area contributed by atoms with Gasteiger partial charge in [-0.3, -0.25) is 0 Å². The van der Waals surface area contributed by atoms with Gasteiger partial charge in [0, 0.05) is 16.3 Å². The molecule has 56 valence electrons. The summed E-state index contributed by atoms with van der Waals surface area (Å²) in [4.78, 5) is 1.26. The van der Waals surface area contributed by atoms with Crippen LogP contribution in [0.1, 0.15) is 11.8 Å². The number of halogens is 1. The normalized spacial score (nSPS) is 13.5. The highest BCUT2D eigenvalue weighted by Crippen LogP contribution is 2.19. The molecule has 1 heterocycles. The summed E-state index contributed by atoms with van der Waals surface area (Å²) < 4.78 is 0. The van der Waals surface area contributed by atoms with Gasteiger partial charge in [0.05, 0.1) is 5.02 Å². The monoisotopic (exact) mass is 175 g/mol. The summed E-state index contributed by atoms with van der Waals surface area (Å²) in [5.74, 6) is 0. The van der Waals surface area contributed by atoms with E-state index >= 15 is 0 Å². The second kappa shape index (κ2) is 3.37. The third-order valence-electron chi connectivity index (χ3n) is 1.14. The molecule has 1 nitrogen and oxygen atoms in total. The van der Waals surface area contributed by atoms with Crippen molar-refractivity contribution in [2.75, 3.05) is 0 Å². The lowest BCUT2D eigenvalue weighted by Gasteiger charge is -1.99. The summed E-state index contributed by atoms with van der Waals surface area (Å²) in [7, 11) is 0. The van der Waals surface area contributed by atoms with Crippen molar-refractivity contribution in [1.82, 2.24) is 0 Å². The Morgan fingerprint density at radius 1 is 1.80 bits per heavy atom. The Bertz CT molecular complexity index is 207. The van der Waals surface area contributed by atoms with Gasteiger partial charge in [-0.15, -0.1) is 11.3 Å². The Balaban J connectivity index is 2.58. The lowest BCUT2D eigenvalue weighted by atomic mass is 10.2. The SMILES string of the molecule is C[C@H](N)Cc1cc(Cl)cs1. The van der Waals surface area contributed by atoms with E-state index in [0.29, 0.717) is 0 Å². The van der Waals surface area contributed by atoms with E-state index in [2.05, 4.69) is 0 Å². The molecular formula is C7H10ClNS. The summed E-state index contributed by atoms with van der Waals surface area (Å²) in [6.45, 7) is 1.99. The lowest BCUT2D eigenvalue weighted by Crippen LogP contribution is -2.16. The van der Waals surface area contributed by atoms with Crippen LogP contribution in [0.5, 0.6) is 0 Å². The lowest BCUT2D eigenvalue weighted by molar-refractivity contribution is 0.746. The fourth-order valence-corrected chi connectivity index (χ4v) is 1.99. The summed E-state index contributed by atoms with van der Waals surface area (Å²) in [6, 6.07) is 2.20. The van der Waals surface area contributed by atoms with Crippen LogP contribution in [-0.2, 0) is 6.42 Å². The molecule has 0 radical (unpaired) electrons. The van der Waals surface area contributed by atoms with E-state index in [0.717, 1.165) is 11.4 Å². The molecule has 2 N–H and O–H groups in total. The van der Waals surface area contributed by atoms with Crippen LogP contribution in [0.15, 0.2) is 11.4 Å². The maximum atomic E-state index is 5.71. The molecule has 0 amide bonds. The van der Waals surface area contributed by atoms with Crippen molar-refractivity contribution in [3.63, 3.8) is 0 Å². The summed E-state index contributed by atoms with van der Waals surface area (Å²) in [5, 5.41) is 2.75. The molecule has 0 aliphatic rings. The predicted octanol–water partition coefficient (Wildman–Crippen LogP) is 2.29. The highest BCUT2D eigenvalue weighted by molar-refractivity contribution is 7.10. The van der Waals surface area contributed by atoms with Crippen molar-refractivity contribution in [3.8, 4) is 0 Å². The van der Waals surface area contributed by atoms with E-state index < -0.39 is 0 Å². The average molecular weight is 176 g/mol. The first-order chi connectivity index (χ1) is 4.68. The maximum absolute atomic E-state index is 5.71. The zero-order valence-electron chi connectivity index (χ0n) is 5.80. The van der Waals surface area contributed by atoms with E-state index in [9.17, 15) is 0 Å². The van der Waals surface area contributed by atoms with Crippen LogP contribution in [0.2, 0.25) is 5.02 Å². The number of thiophene rings is 1. The second-order valence-corrected chi connectivity index (χ2v) is 3.84. The molecule has 0 bridgehead atoms. The highest BCUT2D eigenvalue weighted by atomic mass is 35.5. The smallest absolute Gasteiger partial charge is 0.0515 e. The number of hydrogen-bond acceptors (Lipinski definition) is 2. The van der Waals surface area contributed by atoms with Crippen molar-refractivity contribution in [2.24, 2.45) is 5.73 Å². The Labute approximate surface area is 69.8 Å². The molecule has 0 aliphatic heterocycles. The molecule has 0 aromatic carbocycles. The minimum Gasteiger partial charge on any atom is -0.328 e. The molecule has 10 heavy (non-hydrogen) atoms. The maximum Gasteiger partial charge on any atom is 0.0515 e. The van der Waals surface area contributed by atoms with Gasteiger partial charge < -0.3 is 5.73 Å². The van der Waals surface area contributed by atoms with E-state index in [1.807, 2.05) is 18.4 Å². The van der Waals surface area contributed by atoms with Gasteiger partial charge in [-0.05, 0) is 19.4 Å². The molecule has 1 atom stereocenters. The fourth-order valence-electron chi connectivity index (χ4n) is 0.778. The van der Waals surface area contributed by atoms with E-state index in [1.165, 1.54) is 4.88 Å². The van der Waals surface area contributed by atoms with Crippen LogP contribution in [-0.4, -0.2) is 6.04 Å². The Morgan fingerprint density at radius 2 is 2.50 bits per heavy atom. The Morgan fingerprint density at radius 3 is 2.90 bits per heavy atom. The van der Waals surface area contributed by atoms with Gasteiger partial charge in [-0.1, -0.05) is 11.6 Å². The summed E-state index contributed by atoms with van der Waals surface area (Å²) in [5.41, 5.74) is 5.60. The van der Waals surface area contributed by atoms with Gasteiger partial charge >= 0.3 is 0 Å². The minimum absolute atomic E-state index is 0.231. The summed E-state index contributed by atoms with van der Waals surface area (Å²) in [6.07, 6.45) is 0.928. The molecule has 0 saturated carbocycles. The topological polar surface area (TPSA) is 26.0 Å². The molecule has 3 heteroatoms. The second-order valence-electron chi connectivity index (χ2n) is 2.41. The van der Waals surface area contributed by atoms with E-state index in [4.69, 9.17) is 17.3 Å². The van der Waals surface area contributed by atoms with Gasteiger partial charge in [-0.2, -0.15) is 0 Å². The Hall–Kier alpha value is -0.0500. The van der Waals surface area contributed by atoms with Gasteiger partial charge in [0.15, 0.2) is 0 Å². The predicted molar refractivity (Wildman–Crippen MR) is 46.7 cm³/mol. The van der Waals surface area contributed by atoms with Crippen LogP contribution in [0, 0.1) is 0 Å². The van der Waals surface area contributed by atoms with Gasteiger partial charge in [0.25, 0.3) is 0 Å². The largest absolute Gasteiger partial charge is 0.328 e.